The number of hydrogen-bond acceptors (Lipinski definition) is 3. The Bertz CT molecular complexity index is 880. The molecule has 3 rings (SSSR count). The van der Waals surface area contributed by atoms with Gasteiger partial charge in [0.15, 0.2) is 0 Å². The minimum absolute atomic E-state index is 0.527. The van der Waals surface area contributed by atoms with Gasteiger partial charge in [0.05, 0.1) is 0 Å². The summed E-state index contributed by atoms with van der Waals surface area (Å²) in [5.74, 6) is -0.527. The molecule has 26 heavy (non-hydrogen) atoms. The summed E-state index contributed by atoms with van der Waals surface area (Å²) < 4.78 is 0. The molecule has 5 N–H and O–H groups in total. The van der Waals surface area contributed by atoms with Crippen LogP contribution in [0.3, 0.4) is 0 Å². The molecule has 0 aliphatic carbocycles. The molecule has 1 aromatic heterocycles. The molecule has 0 aliphatic rings. The van der Waals surface area contributed by atoms with E-state index in [0.29, 0.717) is 6.54 Å². The predicted molar refractivity (Wildman–Crippen MR) is 106 cm³/mol. The second kappa shape index (κ2) is 9.56. The van der Waals surface area contributed by atoms with E-state index in [4.69, 9.17) is 10.9 Å². The summed E-state index contributed by atoms with van der Waals surface area (Å²) in [4.78, 5) is 14.0. The fourth-order valence-corrected chi connectivity index (χ4v) is 2.69. The van der Waals surface area contributed by atoms with E-state index in [1.165, 1.54) is 39.3 Å². The lowest BCUT2D eigenvalue weighted by Gasteiger charge is -1.96. The predicted octanol–water partition coefficient (Wildman–Crippen LogP) is 3.49. The largest absolute Gasteiger partial charge is 0.358 e. The van der Waals surface area contributed by atoms with E-state index in [1.807, 2.05) is 37.3 Å². The molecule has 0 radical (unpaired) electrons. The SMILES string of the molecule is Cc1[nH]c2ccccc2c1CCN.Cc1ccc(/C=C/C(=O)NO)cc1. The zero-order valence-electron chi connectivity index (χ0n) is 15.1. The van der Waals surface area contributed by atoms with Crippen molar-refractivity contribution < 1.29 is 10.0 Å². The minimum Gasteiger partial charge on any atom is -0.358 e. The first-order valence-electron chi connectivity index (χ1n) is 8.50. The van der Waals surface area contributed by atoms with E-state index in [2.05, 4.69) is 30.1 Å². The number of hydroxylamine groups is 1. The number of aromatic amines is 1. The number of H-pyrrole nitrogens is 1. The van der Waals surface area contributed by atoms with Crippen LogP contribution >= 0.6 is 0 Å². The summed E-state index contributed by atoms with van der Waals surface area (Å²) in [7, 11) is 0. The molecule has 0 spiro atoms. The van der Waals surface area contributed by atoms with Crippen molar-refractivity contribution in [2.24, 2.45) is 5.73 Å². The lowest BCUT2D eigenvalue weighted by Crippen LogP contribution is -2.14. The Hall–Kier alpha value is -2.89. The van der Waals surface area contributed by atoms with Gasteiger partial charge in [-0.25, -0.2) is 5.48 Å². The van der Waals surface area contributed by atoms with Gasteiger partial charge >= 0.3 is 0 Å². The standard InChI is InChI=1S/C11H14N2.C10H11NO2/c1-8-9(6-7-12)10-4-2-3-5-11(10)13-8;1-8-2-4-9(5-3-8)6-7-10(12)11-13/h2-5,13H,6-7,12H2,1H3;2-7,13H,1H3,(H,11,12)/b;7-6+. The molecule has 0 saturated carbocycles. The van der Waals surface area contributed by atoms with Crippen LogP contribution in [0, 0.1) is 13.8 Å². The molecule has 2 aromatic carbocycles. The van der Waals surface area contributed by atoms with Crippen LogP contribution in [-0.4, -0.2) is 22.6 Å². The van der Waals surface area contributed by atoms with Gasteiger partial charge in [-0.15, -0.1) is 0 Å². The summed E-state index contributed by atoms with van der Waals surface area (Å²) in [6.07, 6.45) is 3.85. The van der Waals surface area contributed by atoms with Gasteiger partial charge in [-0.1, -0.05) is 48.0 Å². The van der Waals surface area contributed by atoms with Crippen LogP contribution in [0.15, 0.2) is 54.6 Å². The number of carbonyl (C=O) groups is 1. The number of para-hydroxylation sites is 1. The minimum atomic E-state index is -0.527. The van der Waals surface area contributed by atoms with Gasteiger partial charge in [0.1, 0.15) is 0 Å². The Labute approximate surface area is 153 Å². The van der Waals surface area contributed by atoms with Gasteiger partial charge in [0.2, 0.25) is 0 Å². The van der Waals surface area contributed by atoms with Crippen molar-refractivity contribution in [2.45, 2.75) is 20.3 Å². The fraction of sp³-hybridized carbons (Fsp3) is 0.190. The number of benzene rings is 2. The Balaban J connectivity index is 0.000000187. The number of fused-ring (bicyclic) bond motifs is 1. The number of hydrogen-bond donors (Lipinski definition) is 4. The molecule has 3 aromatic rings. The second-order valence-electron chi connectivity index (χ2n) is 6.03. The highest BCUT2D eigenvalue weighted by molar-refractivity contribution is 5.90. The Kier molecular flexibility index (Phi) is 7.14. The maximum atomic E-state index is 10.6. The van der Waals surface area contributed by atoms with Crippen LogP contribution in [0.4, 0.5) is 0 Å². The van der Waals surface area contributed by atoms with Gasteiger partial charge in [-0.05, 0) is 50.1 Å². The highest BCUT2D eigenvalue weighted by Gasteiger charge is 2.05. The smallest absolute Gasteiger partial charge is 0.267 e. The van der Waals surface area contributed by atoms with Gasteiger partial charge in [-0.2, -0.15) is 0 Å². The number of carbonyl (C=O) groups excluding carboxylic acids is 1. The lowest BCUT2D eigenvalue weighted by atomic mass is 10.1. The summed E-state index contributed by atoms with van der Waals surface area (Å²) in [5, 5.41) is 9.52. The first kappa shape index (κ1) is 19.4. The zero-order chi connectivity index (χ0) is 18.9. The summed E-state index contributed by atoms with van der Waals surface area (Å²) in [5.41, 5.74) is 13.0. The number of aromatic nitrogens is 1. The number of amides is 1. The number of nitrogens with one attached hydrogen (secondary N) is 2. The van der Waals surface area contributed by atoms with Gasteiger partial charge < -0.3 is 10.7 Å². The molecule has 0 aliphatic heterocycles. The van der Waals surface area contributed by atoms with Crippen LogP contribution < -0.4 is 11.2 Å². The number of nitrogens with two attached hydrogens (primary N) is 1. The van der Waals surface area contributed by atoms with Gasteiger partial charge in [0.25, 0.3) is 5.91 Å². The molecule has 0 saturated heterocycles. The monoisotopic (exact) mass is 351 g/mol. The Morgan fingerprint density at radius 2 is 1.85 bits per heavy atom. The highest BCUT2D eigenvalue weighted by Crippen LogP contribution is 2.21. The molecule has 0 bridgehead atoms. The number of aryl methyl sites for hydroxylation is 2. The van der Waals surface area contributed by atoms with E-state index >= 15 is 0 Å². The molecule has 5 nitrogen and oxygen atoms in total. The molecule has 1 heterocycles. The van der Waals surface area contributed by atoms with E-state index in [9.17, 15) is 4.79 Å². The first-order chi connectivity index (χ1) is 12.5. The second-order valence-corrected chi connectivity index (χ2v) is 6.03. The third kappa shape index (κ3) is 5.31. The quantitative estimate of drug-likeness (QED) is 0.329. The first-order valence-corrected chi connectivity index (χ1v) is 8.50. The number of rotatable bonds is 4. The van der Waals surface area contributed by atoms with Crippen molar-refractivity contribution in [2.75, 3.05) is 6.54 Å². The summed E-state index contributed by atoms with van der Waals surface area (Å²) >= 11 is 0. The maximum absolute atomic E-state index is 10.6. The van der Waals surface area contributed by atoms with Crippen molar-refractivity contribution in [1.82, 2.24) is 10.5 Å². The van der Waals surface area contributed by atoms with Gasteiger partial charge in [-0.3, -0.25) is 10.0 Å². The van der Waals surface area contributed by atoms with Crippen LogP contribution in [0.25, 0.3) is 17.0 Å². The molecule has 0 atom stereocenters. The van der Waals surface area contributed by atoms with E-state index in [1.54, 1.807) is 6.08 Å². The maximum Gasteiger partial charge on any atom is 0.267 e. The zero-order valence-corrected chi connectivity index (χ0v) is 15.1. The fourth-order valence-electron chi connectivity index (χ4n) is 2.69. The van der Waals surface area contributed by atoms with Crippen molar-refractivity contribution >= 4 is 22.9 Å². The van der Waals surface area contributed by atoms with Crippen LogP contribution in [-0.2, 0) is 11.2 Å². The van der Waals surface area contributed by atoms with Crippen LogP contribution in [0.1, 0.15) is 22.4 Å². The molecule has 0 unspecified atom stereocenters. The third-order valence-corrected chi connectivity index (χ3v) is 4.04. The molecule has 0 fully saturated rings. The van der Waals surface area contributed by atoms with E-state index in [0.717, 1.165) is 12.0 Å². The van der Waals surface area contributed by atoms with Crippen LogP contribution in [0.5, 0.6) is 0 Å². The summed E-state index contributed by atoms with van der Waals surface area (Å²) in [6, 6.07) is 16.1. The molecule has 1 amide bonds. The average Bonchev–Trinajstić information content (AvgIpc) is 2.97. The average molecular weight is 351 g/mol. The van der Waals surface area contributed by atoms with Crippen molar-refractivity contribution in [1.29, 1.82) is 0 Å². The molecule has 5 heteroatoms. The molecular formula is C21H25N3O2. The van der Waals surface area contributed by atoms with Crippen molar-refractivity contribution in [3.63, 3.8) is 0 Å². The highest BCUT2D eigenvalue weighted by atomic mass is 16.5. The van der Waals surface area contributed by atoms with E-state index < -0.39 is 5.91 Å². The Morgan fingerprint density at radius 1 is 1.15 bits per heavy atom. The molecular weight excluding hydrogens is 326 g/mol. The van der Waals surface area contributed by atoms with Crippen LogP contribution in [0.2, 0.25) is 0 Å². The van der Waals surface area contributed by atoms with Gasteiger partial charge in [0, 0.05) is 22.7 Å². The topological polar surface area (TPSA) is 91.1 Å². The van der Waals surface area contributed by atoms with E-state index in [-0.39, 0.29) is 0 Å². The van der Waals surface area contributed by atoms with Crippen molar-refractivity contribution in [3.8, 4) is 0 Å². The van der Waals surface area contributed by atoms with Crippen molar-refractivity contribution in [3.05, 3.63) is 77.0 Å². The Morgan fingerprint density at radius 3 is 2.50 bits per heavy atom. The lowest BCUT2D eigenvalue weighted by molar-refractivity contribution is -0.124. The molecule has 136 valence electrons. The third-order valence-electron chi connectivity index (χ3n) is 4.04. The summed E-state index contributed by atoms with van der Waals surface area (Å²) in [6.45, 7) is 4.81. The normalized spacial score (nSPS) is 10.6.